The fraction of sp³-hybridized carbons (Fsp3) is 0.882. The zero-order chi connectivity index (χ0) is 15.4. The predicted octanol–water partition coefficient (Wildman–Crippen LogP) is 6.69. The van der Waals surface area contributed by atoms with Crippen molar-refractivity contribution in [1.29, 1.82) is 0 Å². The SMILES string of the molecule is CCCC1(/C(I)=C/CCO[Si](C)(C)C(C)(C)C)CCC1. The van der Waals surface area contributed by atoms with Crippen molar-refractivity contribution >= 4 is 30.9 Å². The first-order valence-electron chi connectivity index (χ1n) is 8.15. The molecule has 0 heterocycles. The van der Waals surface area contributed by atoms with Crippen LogP contribution in [0, 0.1) is 5.41 Å². The summed E-state index contributed by atoms with van der Waals surface area (Å²) in [6, 6.07) is 0. The minimum Gasteiger partial charge on any atom is -0.417 e. The van der Waals surface area contributed by atoms with Crippen molar-refractivity contribution in [3.63, 3.8) is 0 Å². The van der Waals surface area contributed by atoms with Crippen molar-refractivity contribution in [3.05, 3.63) is 9.66 Å². The van der Waals surface area contributed by atoms with Crippen LogP contribution in [0.3, 0.4) is 0 Å². The van der Waals surface area contributed by atoms with Crippen LogP contribution in [0.2, 0.25) is 18.1 Å². The molecule has 0 aromatic heterocycles. The van der Waals surface area contributed by atoms with Crippen LogP contribution < -0.4 is 0 Å². The molecule has 1 saturated carbocycles. The maximum absolute atomic E-state index is 6.26. The van der Waals surface area contributed by atoms with Crippen LogP contribution in [0.25, 0.3) is 0 Å². The summed E-state index contributed by atoms with van der Waals surface area (Å²) in [5.74, 6) is 0. The fourth-order valence-corrected chi connectivity index (χ4v) is 4.80. The number of allylic oxidation sites excluding steroid dienone is 1. The van der Waals surface area contributed by atoms with E-state index in [-0.39, 0.29) is 0 Å². The van der Waals surface area contributed by atoms with Gasteiger partial charge in [0.15, 0.2) is 8.32 Å². The molecule has 20 heavy (non-hydrogen) atoms. The van der Waals surface area contributed by atoms with Gasteiger partial charge in [0.05, 0.1) is 0 Å². The molecule has 0 aromatic rings. The van der Waals surface area contributed by atoms with Gasteiger partial charge in [0.1, 0.15) is 0 Å². The van der Waals surface area contributed by atoms with Crippen molar-refractivity contribution in [1.82, 2.24) is 0 Å². The highest BCUT2D eigenvalue weighted by atomic mass is 127. The van der Waals surface area contributed by atoms with E-state index in [0.29, 0.717) is 10.5 Å². The Hall–Kier alpha value is 0.647. The van der Waals surface area contributed by atoms with Crippen LogP contribution in [-0.4, -0.2) is 14.9 Å². The lowest BCUT2D eigenvalue weighted by molar-refractivity contribution is 0.182. The summed E-state index contributed by atoms with van der Waals surface area (Å²) in [6.07, 6.45) is 10.4. The van der Waals surface area contributed by atoms with Gasteiger partial charge in [-0.2, -0.15) is 0 Å². The third-order valence-corrected chi connectivity index (χ3v) is 11.4. The molecule has 0 atom stereocenters. The lowest BCUT2D eigenvalue weighted by Crippen LogP contribution is -2.40. The first kappa shape index (κ1) is 18.7. The maximum Gasteiger partial charge on any atom is 0.191 e. The summed E-state index contributed by atoms with van der Waals surface area (Å²) >= 11 is 2.59. The molecule has 0 spiro atoms. The average molecular weight is 408 g/mol. The van der Waals surface area contributed by atoms with Crippen LogP contribution in [0.4, 0.5) is 0 Å². The Labute approximate surface area is 141 Å². The number of halogens is 1. The van der Waals surface area contributed by atoms with E-state index in [9.17, 15) is 0 Å². The molecule has 1 fully saturated rings. The summed E-state index contributed by atoms with van der Waals surface area (Å²) in [5, 5.41) is 0.321. The highest BCUT2D eigenvalue weighted by Gasteiger charge is 2.38. The van der Waals surface area contributed by atoms with Crippen molar-refractivity contribution in [2.24, 2.45) is 5.41 Å². The van der Waals surface area contributed by atoms with Gasteiger partial charge in [-0.05, 0) is 70.0 Å². The minimum atomic E-state index is -1.56. The zero-order valence-corrected chi connectivity index (χ0v) is 17.5. The smallest absolute Gasteiger partial charge is 0.191 e. The first-order chi connectivity index (χ1) is 9.15. The molecule has 0 amide bonds. The molecule has 1 rings (SSSR count). The van der Waals surface area contributed by atoms with Crippen molar-refractivity contribution in [2.45, 2.75) is 84.4 Å². The molecule has 0 radical (unpaired) electrons. The summed E-state index contributed by atoms with van der Waals surface area (Å²) in [4.78, 5) is 0. The number of rotatable bonds is 7. The molecule has 3 heteroatoms. The van der Waals surface area contributed by atoms with E-state index < -0.39 is 8.32 Å². The molecule has 0 saturated heterocycles. The van der Waals surface area contributed by atoms with E-state index in [1.165, 1.54) is 32.1 Å². The van der Waals surface area contributed by atoms with E-state index in [2.05, 4.69) is 69.5 Å². The van der Waals surface area contributed by atoms with Gasteiger partial charge in [-0.25, -0.2) is 0 Å². The first-order valence-corrected chi connectivity index (χ1v) is 12.1. The van der Waals surface area contributed by atoms with Gasteiger partial charge in [0.2, 0.25) is 0 Å². The molecule has 0 unspecified atom stereocenters. The van der Waals surface area contributed by atoms with Gasteiger partial charge in [0, 0.05) is 12.0 Å². The van der Waals surface area contributed by atoms with E-state index in [1.54, 1.807) is 3.58 Å². The van der Waals surface area contributed by atoms with Crippen molar-refractivity contribution < 1.29 is 4.43 Å². The Kier molecular flexibility index (Phi) is 6.80. The summed E-state index contributed by atoms with van der Waals surface area (Å²) in [7, 11) is -1.56. The Morgan fingerprint density at radius 2 is 1.90 bits per heavy atom. The van der Waals surface area contributed by atoms with Gasteiger partial charge in [-0.1, -0.05) is 46.6 Å². The normalized spacial score (nSPS) is 19.9. The summed E-state index contributed by atoms with van der Waals surface area (Å²) in [6.45, 7) is 14.8. The predicted molar refractivity (Wildman–Crippen MR) is 101 cm³/mol. The van der Waals surface area contributed by atoms with Crippen LogP contribution in [0.15, 0.2) is 9.66 Å². The van der Waals surface area contributed by atoms with Crippen LogP contribution in [0.5, 0.6) is 0 Å². The lowest BCUT2D eigenvalue weighted by atomic mass is 9.66. The summed E-state index contributed by atoms with van der Waals surface area (Å²) in [5.41, 5.74) is 0.548. The standard InChI is InChI=1S/C17H33IOSi/c1-7-11-17(12-9-13-17)15(18)10-8-14-19-20(5,6)16(2,3)4/h10H,7-9,11-14H2,1-6H3/b15-10-. The molecule has 0 aliphatic heterocycles. The Morgan fingerprint density at radius 3 is 2.30 bits per heavy atom. The van der Waals surface area contributed by atoms with Crippen LogP contribution >= 0.6 is 22.6 Å². The van der Waals surface area contributed by atoms with Crippen LogP contribution in [-0.2, 0) is 4.43 Å². The number of hydrogen-bond donors (Lipinski definition) is 0. The second kappa shape index (κ2) is 7.27. The van der Waals surface area contributed by atoms with E-state index in [1.807, 2.05) is 0 Å². The topological polar surface area (TPSA) is 9.23 Å². The molecule has 1 aliphatic rings. The Bertz CT molecular complexity index is 337. The average Bonchev–Trinajstić information content (AvgIpc) is 2.27. The lowest BCUT2D eigenvalue weighted by Gasteiger charge is -2.42. The van der Waals surface area contributed by atoms with E-state index >= 15 is 0 Å². The van der Waals surface area contributed by atoms with Gasteiger partial charge in [-0.15, -0.1) is 0 Å². The van der Waals surface area contributed by atoms with Crippen molar-refractivity contribution in [3.8, 4) is 0 Å². The molecule has 0 aromatic carbocycles. The van der Waals surface area contributed by atoms with Gasteiger partial charge in [-0.3, -0.25) is 0 Å². The molecular weight excluding hydrogens is 375 g/mol. The second-order valence-electron chi connectivity index (χ2n) is 7.83. The van der Waals surface area contributed by atoms with Gasteiger partial charge in [0.25, 0.3) is 0 Å². The quantitative estimate of drug-likeness (QED) is 0.259. The molecule has 118 valence electrons. The third kappa shape index (κ3) is 4.57. The molecule has 1 aliphatic carbocycles. The van der Waals surface area contributed by atoms with Crippen LogP contribution in [0.1, 0.15) is 66.2 Å². The Morgan fingerprint density at radius 1 is 1.30 bits per heavy atom. The highest BCUT2D eigenvalue weighted by molar-refractivity contribution is 14.1. The molecule has 1 nitrogen and oxygen atoms in total. The maximum atomic E-state index is 6.26. The van der Waals surface area contributed by atoms with E-state index in [0.717, 1.165) is 13.0 Å². The Balaban J connectivity index is 2.45. The zero-order valence-electron chi connectivity index (χ0n) is 14.3. The molecular formula is C17H33IOSi. The monoisotopic (exact) mass is 408 g/mol. The number of hydrogen-bond acceptors (Lipinski definition) is 1. The fourth-order valence-electron chi connectivity index (χ4n) is 2.62. The molecule has 0 N–H and O–H groups in total. The minimum absolute atomic E-state index is 0.321. The summed E-state index contributed by atoms with van der Waals surface area (Å²) < 4.78 is 7.86. The largest absolute Gasteiger partial charge is 0.417 e. The third-order valence-electron chi connectivity index (χ3n) is 5.26. The van der Waals surface area contributed by atoms with Gasteiger partial charge >= 0.3 is 0 Å². The van der Waals surface area contributed by atoms with Gasteiger partial charge < -0.3 is 4.43 Å². The molecule has 0 bridgehead atoms. The second-order valence-corrected chi connectivity index (χ2v) is 13.8. The highest BCUT2D eigenvalue weighted by Crippen LogP contribution is 2.52. The van der Waals surface area contributed by atoms with Crippen molar-refractivity contribution in [2.75, 3.05) is 6.61 Å². The van der Waals surface area contributed by atoms with E-state index in [4.69, 9.17) is 4.43 Å².